The van der Waals surface area contributed by atoms with Gasteiger partial charge < -0.3 is 10.1 Å². The molecule has 0 aromatic heterocycles. The third kappa shape index (κ3) is 3.14. The van der Waals surface area contributed by atoms with Crippen molar-refractivity contribution in [3.8, 4) is 5.75 Å². The van der Waals surface area contributed by atoms with Crippen molar-refractivity contribution in [3.05, 3.63) is 64.2 Å². The zero-order chi connectivity index (χ0) is 14.5. The first-order valence-electron chi connectivity index (χ1n) is 6.79. The van der Waals surface area contributed by atoms with Crippen LogP contribution >= 0.6 is 11.6 Å². The number of nitrogens with one attached hydrogen (secondary N) is 1. The van der Waals surface area contributed by atoms with Crippen LogP contribution in [0.25, 0.3) is 0 Å². The maximum atomic E-state index is 6.42. The van der Waals surface area contributed by atoms with Crippen LogP contribution in [0.5, 0.6) is 5.75 Å². The van der Waals surface area contributed by atoms with Gasteiger partial charge in [-0.3, -0.25) is 0 Å². The predicted octanol–water partition coefficient (Wildman–Crippen LogP) is 4.36. The van der Waals surface area contributed by atoms with Gasteiger partial charge in [0.2, 0.25) is 0 Å². The van der Waals surface area contributed by atoms with Crippen LogP contribution in [-0.4, -0.2) is 13.7 Å². The largest absolute Gasteiger partial charge is 0.497 e. The van der Waals surface area contributed by atoms with E-state index in [2.05, 4.69) is 43.4 Å². The number of methoxy groups -OCH3 is 1. The molecule has 0 saturated heterocycles. The zero-order valence-corrected chi connectivity index (χ0v) is 12.9. The van der Waals surface area contributed by atoms with E-state index in [1.165, 1.54) is 11.1 Å². The van der Waals surface area contributed by atoms with E-state index in [-0.39, 0.29) is 6.04 Å². The van der Waals surface area contributed by atoms with Crippen molar-refractivity contribution in [1.82, 2.24) is 5.32 Å². The molecule has 0 saturated carbocycles. The van der Waals surface area contributed by atoms with Gasteiger partial charge in [-0.05, 0) is 42.3 Å². The normalized spacial score (nSPS) is 12.2. The van der Waals surface area contributed by atoms with Crippen LogP contribution in [0.4, 0.5) is 0 Å². The molecular weight excluding hydrogens is 270 g/mol. The minimum absolute atomic E-state index is 0.0969. The monoisotopic (exact) mass is 289 g/mol. The summed E-state index contributed by atoms with van der Waals surface area (Å²) < 4.78 is 5.21. The molecule has 0 fully saturated rings. The van der Waals surface area contributed by atoms with Gasteiger partial charge in [0.1, 0.15) is 5.75 Å². The van der Waals surface area contributed by atoms with Crippen molar-refractivity contribution < 1.29 is 4.74 Å². The summed E-state index contributed by atoms with van der Waals surface area (Å²) in [6.45, 7) is 5.10. The Balaban J connectivity index is 2.46. The Morgan fingerprint density at radius 1 is 1.15 bits per heavy atom. The molecule has 0 aliphatic heterocycles. The second kappa shape index (κ2) is 6.78. The second-order valence-corrected chi connectivity index (χ2v) is 5.14. The first-order valence-corrected chi connectivity index (χ1v) is 7.17. The van der Waals surface area contributed by atoms with Gasteiger partial charge in [0, 0.05) is 5.02 Å². The van der Waals surface area contributed by atoms with Gasteiger partial charge in [-0.2, -0.15) is 0 Å². The van der Waals surface area contributed by atoms with E-state index in [4.69, 9.17) is 16.3 Å². The highest BCUT2D eigenvalue weighted by Gasteiger charge is 2.17. The lowest BCUT2D eigenvalue weighted by Crippen LogP contribution is -2.23. The third-order valence-corrected chi connectivity index (χ3v) is 3.75. The summed E-state index contributed by atoms with van der Waals surface area (Å²) in [7, 11) is 1.65. The third-order valence-electron chi connectivity index (χ3n) is 3.43. The number of halogens is 1. The minimum atomic E-state index is 0.0969. The van der Waals surface area contributed by atoms with Gasteiger partial charge >= 0.3 is 0 Å². The quantitative estimate of drug-likeness (QED) is 0.883. The van der Waals surface area contributed by atoms with Crippen LogP contribution in [0.1, 0.15) is 29.7 Å². The van der Waals surface area contributed by atoms with E-state index >= 15 is 0 Å². The van der Waals surface area contributed by atoms with Gasteiger partial charge in [0.15, 0.2) is 0 Å². The van der Waals surface area contributed by atoms with Crippen molar-refractivity contribution in [2.75, 3.05) is 13.7 Å². The van der Waals surface area contributed by atoms with Crippen molar-refractivity contribution >= 4 is 11.6 Å². The van der Waals surface area contributed by atoms with Crippen molar-refractivity contribution in [1.29, 1.82) is 0 Å². The average Bonchev–Trinajstić information content (AvgIpc) is 2.46. The van der Waals surface area contributed by atoms with E-state index in [0.717, 1.165) is 22.9 Å². The Hall–Kier alpha value is -1.51. The summed E-state index contributed by atoms with van der Waals surface area (Å²) in [5.74, 6) is 0.777. The summed E-state index contributed by atoms with van der Waals surface area (Å²) in [6, 6.07) is 14.3. The molecule has 0 radical (unpaired) electrons. The highest BCUT2D eigenvalue weighted by atomic mass is 35.5. The number of hydrogen-bond acceptors (Lipinski definition) is 2. The molecule has 106 valence electrons. The Morgan fingerprint density at radius 3 is 2.50 bits per heavy atom. The molecule has 2 aromatic carbocycles. The fraction of sp³-hybridized carbons (Fsp3) is 0.294. The lowest BCUT2D eigenvalue weighted by atomic mass is 9.95. The van der Waals surface area contributed by atoms with Gasteiger partial charge in [-0.25, -0.2) is 0 Å². The Bertz CT molecular complexity index is 583. The highest BCUT2D eigenvalue weighted by molar-refractivity contribution is 6.31. The molecule has 3 heteroatoms. The van der Waals surface area contributed by atoms with E-state index in [9.17, 15) is 0 Å². The van der Waals surface area contributed by atoms with Gasteiger partial charge in [-0.15, -0.1) is 0 Å². The molecule has 0 bridgehead atoms. The highest BCUT2D eigenvalue weighted by Crippen LogP contribution is 2.32. The summed E-state index contributed by atoms with van der Waals surface area (Å²) in [5, 5.41) is 4.23. The number of aryl methyl sites for hydroxylation is 1. The van der Waals surface area contributed by atoms with Crippen LogP contribution in [0, 0.1) is 6.92 Å². The smallest absolute Gasteiger partial charge is 0.120 e. The maximum absolute atomic E-state index is 6.42. The van der Waals surface area contributed by atoms with Crippen molar-refractivity contribution in [3.63, 3.8) is 0 Å². The van der Waals surface area contributed by atoms with Crippen LogP contribution in [0.3, 0.4) is 0 Å². The Morgan fingerprint density at radius 2 is 1.90 bits per heavy atom. The molecule has 0 spiro atoms. The zero-order valence-electron chi connectivity index (χ0n) is 12.1. The number of ether oxygens (including phenoxy) is 1. The molecule has 1 unspecified atom stereocenters. The Kier molecular flexibility index (Phi) is 5.05. The molecule has 2 rings (SSSR count). The molecule has 1 atom stereocenters. The molecular formula is C17H20ClNO. The summed E-state index contributed by atoms with van der Waals surface area (Å²) in [6.07, 6.45) is 0. The van der Waals surface area contributed by atoms with Crippen molar-refractivity contribution in [2.45, 2.75) is 19.9 Å². The Labute approximate surface area is 125 Å². The van der Waals surface area contributed by atoms with Crippen LogP contribution < -0.4 is 10.1 Å². The molecule has 1 N–H and O–H groups in total. The summed E-state index contributed by atoms with van der Waals surface area (Å²) in [4.78, 5) is 0. The van der Waals surface area contributed by atoms with E-state index in [0.29, 0.717) is 0 Å². The molecule has 0 aliphatic rings. The number of rotatable bonds is 5. The molecule has 0 amide bonds. The summed E-state index contributed by atoms with van der Waals surface area (Å²) >= 11 is 6.42. The minimum Gasteiger partial charge on any atom is -0.497 e. The lowest BCUT2D eigenvalue weighted by Gasteiger charge is -2.22. The maximum Gasteiger partial charge on any atom is 0.120 e. The number of hydrogen-bond donors (Lipinski definition) is 1. The number of benzene rings is 2. The van der Waals surface area contributed by atoms with E-state index < -0.39 is 0 Å². The topological polar surface area (TPSA) is 21.3 Å². The molecule has 20 heavy (non-hydrogen) atoms. The van der Waals surface area contributed by atoms with Crippen LogP contribution in [-0.2, 0) is 0 Å². The SMILES string of the molecule is CCNC(c1ccccc1C)c1ccc(OC)cc1Cl. The molecule has 0 heterocycles. The van der Waals surface area contributed by atoms with Crippen molar-refractivity contribution in [2.24, 2.45) is 0 Å². The molecule has 2 nitrogen and oxygen atoms in total. The standard InChI is InChI=1S/C17H20ClNO/c1-4-19-17(14-8-6-5-7-12(14)2)15-10-9-13(20-3)11-16(15)18/h5-11,17,19H,4H2,1-3H3. The van der Waals surface area contributed by atoms with Crippen LogP contribution in [0.2, 0.25) is 5.02 Å². The van der Waals surface area contributed by atoms with Gasteiger partial charge in [0.25, 0.3) is 0 Å². The van der Waals surface area contributed by atoms with Gasteiger partial charge in [0.05, 0.1) is 13.2 Å². The van der Waals surface area contributed by atoms with Crippen LogP contribution in [0.15, 0.2) is 42.5 Å². The second-order valence-electron chi connectivity index (χ2n) is 4.73. The summed E-state index contributed by atoms with van der Waals surface area (Å²) in [5.41, 5.74) is 3.58. The fourth-order valence-electron chi connectivity index (χ4n) is 2.37. The van der Waals surface area contributed by atoms with E-state index in [1.54, 1.807) is 7.11 Å². The molecule has 2 aromatic rings. The van der Waals surface area contributed by atoms with E-state index in [1.807, 2.05) is 18.2 Å². The first kappa shape index (κ1) is 14.9. The fourth-order valence-corrected chi connectivity index (χ4v) is 2.65. The first-order chi connectivity index (χ1) is 9.67. The average molecular weight is 290 g/mol. The van der Waals surface area contributed by atoms with Gasteiger partial charge in [-0.1, -0.05) is 48.9 Å². The lowest BCUT2D eigenvalue weighted by molar-refractivity contribution is 0.414. The predicted molar refractivity (Wildman–Crippen MR) is 84.7 cm³/mol. The molecule has 0 aliphatic carbocycles.